The molecule has 14 nitrogen and oxygen atoms in total. The summed E-state index contributed by atoms with van der Waals surface area (Å²) in [5, 5.41) is 8.18. The topological polar surface area (TPSA) is 175 Å². The average Bonchev–Trinajstić information content (AvgIpc) is 3.81. The van der Waals surface area contributed by atoms with Gasteiger partial charge in [0.25, 0.3) is 17.7 Å². The Labute approximate surface area is 353 Å². The van der Waals surface area contributed by atoms with Gasteiger partial charge < -0.3 is 25.2 Å². The van der Waals surface area contributed by atoms with Gasteiger partial charge in [-0.25, -0.2) is 4.98 Å². The van der Waals surface area contributed by atoms with Crippen molar-refractivity contribution in [2.75, 3.05) is 20.6 Å². The molecule has 6 atom stereocenters. The Balaban J connectivity index is 1.77. The van der Waals surface area contributed by atoms with Crippen molar-refractivity contribution in [3.8, 4) is 0 Å². The van der Waals surface area contributed by atoms with Crippen molar-refractivity contribution in [3.63, 3.8) is 0 Å². The highest BCUT2D eigenvalue weighted by Gasteiger charge is 2.38. The smallest absolute Gasteiger partial charge is 0.303 e. The molecular formula is C44H64N6O8S. The number of aromatic nitrogens is 1. The molecule has 0 saturated carbocycles. The maximum atomic E-state index is 14.5. The minimum absolute atomic E-state index is 0.0129. The van der Waals surface area contributed by atoms with Crippen LogP contribution in [0.3, 0.4) is 0 Å². The predicted octanol–water partition coefficient (Wildman–Crippen LogP) is 5.48. The molecule has 1 aromatic carbocycles. The van der Waals surface area contributed by atoms with Gasteiger partial charge in [-0.15, -0.1) is 11.3 Å². The van der Waals surface area contributed by atoms with Crippen LogP contribution >= 0.6 is 11.3 Å². The second-order valence-electron chi connectivity index (χ2n) is 16.1. The van der Waals surface area contributed by atoms with Crippen LogP contribution in [0.1, 0.15) is 121 Å². The monoisotopic (exact) mass is 836 g/mol. The Morgan fingerprint density at radius 3 is 2.10 bits per heavy atom. The summed E-state index contributed by atoms with van der Waals surface area (Å²) >= 11 is 1.21. The maximum Gasteiger partial charge on any atom is 0.303 e. The molecule has 0 bridgehead atoms. The van der Waals surface area contributed by atoms with Gasteiger partial charge in [-0.2, -0.15) is 0 Å². The number of likely N-dealkylation sites (N-methyl/N-ethyl adjacent to an activating group) is 2. The number of benzene rings is 1. The second-order valence-corrected chi connectivity index (χ2v) is 17.0. The van der Waals surface area contributed by atoms with Crippen LogP contribution in [0.5, 0.6) is 0 Å². The normalized spacial score (nSPS) is 15.7. The summed E-state index contributed by atoms with van der Waals surface area (Å²) in [6.45, 7) is 14.8. The second kappa shape index (κ2) is 23.0. The molecule has 3 rings (SSSR count). The van der Waals surface area contributed by atoms with Gasteiger partial charge in [0.15, 0.2) is 6.10 Å². The molecule has 0 aliphatic carbocycles. The number of carbonyl (C=O) groups excluding carboxylic acids is 7. The van der Waals surface area contributed by atoms with Gasteiger partial charge >= 0.3 is 5.97 Å². The van der Waals surface area contributed by atoms with Crippen molar-refractivity contribution >= 4 is 52.7 Å². The molecule has 59 heavy (non-hydrogen) atoms. The Kier molecular flexibility index (Phi) is 18.9. The molecule has 2 heterocycles. The van der Waals surface area contributed by atoms with Crippen molar-refractivity contribution in [2.45, 2.75) is 131 Å². The molecule has 15 heteroatoms. The molecule has 1 aromatic heterocycles. The van der Waals surface area contributed by atoms with Crippen LogP contribution in [0, 0.1) is 17.8 Å². The number of nitrogens with one attached hydrogen (secondary N) is 2. The number of rotatable bonds is 23. The van der Waals surface area contributed by atoms with E-state index in [9.17, 15) is 33.6 Å². The molecule has 1 aliphatic heterocycles. The first kappa shape index (κ1) is 48.4. The van der Waals surface area contributed by atoms with Gasteiger partial charge in [-0.1, -0.05) is 91.6 Å². The van der Waals surface area contributed by atoms with Crippen LogP contribution in [-0.2, 0) is 39.9 Å². The number of nitrogens with zero attached hydrogens (tertiary/aromatic N) is 4. The summed E-state index contributed by atoms with van der Waals surface area (Å²) in [5.41, 5.74) is 1.34. The van der Waals surface area contributed by atoms with Crippen LogP contribution in [-0.4, -0.2) is 106 Å². The third kappa shape index (κ3) is 13.8. The van der Waals surface area contributed by atoms with Gasteiger partial charge in [0.05, 0.1) is 0 Å². The van der Waals surface area contributed by atoms with E-state index in [0.717, 1.165) is 23.3 Å². The number of amides is 6. The van der Waals surface area contributed by atoms with E-state index < -0.39 is 47.9 Å². The predicted molar refractivity (Wildman–Crippen MR) is 227 cm³/mol. The lowest BCUT2D eigenvalue weighted by Gasteiger charge is -2.38. The number of esters is 1. The fourth-order valence-corrected chi connectivity index (χ4v) is 8.21. The van der Waals surface area contributed by atoms with E-state index in [-0.39, 0.29) is 73.0 Å². The van der Waals surface area contributed by atoms with Crippen LogP contribution < -0.4 is 10.6 Å². The molecule has 0 saturated heterocycles. The summed E-state index contributed by atoms with van der Waals surface area (Å²) in [7, 11) is 3.21. The number of carbonyl (C=O) groups is 7. The fourth-order valence-electron chi connectivity index (χ4n) is 7.37. The van der Waals surface area contributed by atoms with Gasteiger partial charge in [-0.3, -0.25) is 38.5 Å². The maximum absolute atomic E-state index is 14.5. The van der Waals surface area contributed by atoms with Crippen molar-refractivity contribution < 1.29 is 38.3 Å². The zero-order valence-electron chi connectivity index (χ0n) is 36.4. The number of thiazole rings is 1. The third-order valence-electron chi connectivity index (χ3n) is 10.9. The molecule has 2 aromatic rings. The minimum atomic E-state index is -0.933. The van der Waals surface area contributed by atoms with Crippen molar-refractivity contribution in [1.29, 1.82) is 0 Å². The summed E-state index contributed by atoms with van der Waals surface area (Å²) in [4.78, 5) is 100. The highest BCUT2D eigenvalue weighted by molar-refractivity contribution is 7.09. The molecule has 0 spiro atoms. The zero-order chi connectivity index (χ0) is 44.0. The van der Waals surface area contributed by atoms with E-state index in [1.165, 1.54) is 35.3 Å². The highest BCUT2D eigenvalue weighted by Crippen LogP contribution is 2.31. The SMILES string of the molecule is CCC[C@H](Cc1ccccc1)NC(=O)c1csc([C@@H](C[C@H](C(C)C)N(C)C(=O)[C@@H](NC(=O)[C@H](C(C)C)N(C)C(=O)CCCN2C(=O)C=CC2=O)[C@@H](C)CC)OC(C)=O)n1. The lowest BCUT2D eigenvalue weighted by atomic mass is 9.92. The van der Waals surface area contributed by atoms with Gasteiger partial charge in [0.1, 0.15) is 22.8 Å². The van der Waals surface area contributed by atoms with E-state index in [2.05, 4.69) is 22.5 Å². The zero-order valence-corrected chi connectivity index (χ0v) is 37.2. The van der Waals surface area contributed by atoms with E-state index in [0.29, 0.717) is 17.8 Å². The lowest BCUT2D eigenvalue weighted by Crippen LogP contribution is -2.59. The minimum Gasteiger partial charge on any atom is -0.455 e. The Bertz CT molecular complexity index is 1780. The summed E-state index contributed by atoms with van der Waals surface area (Å²) in [5.74, 6) is -3.53. The first-order valence-corrected chi connectivity index (χ1v) is 21.6. The molecule has 1 aliphatic rings. The summed E-state index contributed by atoms with van der Waals surface area (Å²) < 4.78 is 5.80. The first-order valence-electron chi connectivity index (χ1n) is 20.7. The van der Waals surface area contributed by atoms with E-state index >= 15 is 0 Å². The highest BCUT2D eigenvalue weighted by atomic mass is 32.1. The summed E-state index contributed by atoms with van der Waals surface area (Å²) in [6.07, 6.45) is 4.92. The quantitative estimate of drug-likeness (QED) is 0.109. The number of imide groups is 1. The molecule has 0 fully saturated rings. The lowest BCUT2D eigenvalue weighted by molar-refractivity contribution is -0.149. The fraction of sp³-hybridized carbons (Fsp3) is 0.591. The Morgan fingerprint density at radius 2 is 1.54 bits per heavy atom. The molecule has 0 radical (unpaired) electrons. The van der Waals surface area contributed by atoms with Crippen molar-refractivity contribution in [1.82, 2.24) is 30.3 Å². The van der Waals surface area contributed by atoms with Gasteiger partial charge in [0, 0.05) is 70.0 Å². The average molecular weight is 837 g/mol. The number of ether oxygens (including phenoxy) is 1. The van der Waals surface area contributed by atoms with Crippen LogP contribution in [0.25, 0.3) is 0 Å². The standard InChI is InChI=1S/C44H64N6O8S/c1-11-17-32(24-31-18-14-13-15-19-31)45-41(55)33-26-59-43(46-33)35(58-30(8)51)25-34(27(3)4)48(9)44(57)39(29(7)12-2)47-42(56)40(28(5)6)49(10)36(52)20-16-23-50-37(53)21-22-38(50)54/h13-15,18-19,21-22,26-29,32,34-35,39-40H,11-12,16-17,20,23-25H2,1-10H3,(H,45,55)(H,47,56)/t29-,32+,34+,35+,39-,40-/m0/s1. The number of hydrogen-bond donors (Lipinski definition) is 2. The van der Waals surface area contributed by atoms with E-state index in [1.54, 1.807) is 24.4 Å². The van der Waals surface area contributed by atoms with Crippen LogP contribution in [0.4, 0.5) is 0 Å². The largest absolute Gasteiger partial charge is 0.455 e. The van der Waals surface area contributed by atoms with Gasteiger partial charge in [0.2, 0.25) is 17.7 Å². The molecule has 324 valence electrons. The van der Waals surface area contributed by atoms with Crippen molar-refractivity contribution in [2.24, 2.45) is 17.8 Å². The first-order chi connectivity index (χ1) is 27.9. The third-order valence-corrected chi connectivity index (χ3v) is 11.8. The van der Waals surface area contributed by atoms with Gasteiger partial charge in [-0.05, 0) is 42.6 Å². The van der Waals surface area contributed by atoms with E-state index in [4.69, 9.17) is 4.74 Å². The molecule has 6 amide bonds. The molecule has 2 N–H and O–H groups in total. The van der Waals surface area contributed by atoms with E-state index in [1.807, 2.05) is 71.9 Å². The van der Waals surface area contributed by atoms with Crippen LogP contribution in [0.2, 0.25) is 0 Å². The van der Waals surface area contributed by atoms with Crippen molar-refractivity contribution in [3.05, 3.63) is 64.1 Å². The molecule has 0 unspecified atom stereocenters. The Morgan fingerprint density at radius 1 is 0.898 bits per heavy atom. The summed E-state index contributed by atoms with van der Waals surface area (Å²) in [6, 6.07) is 7.58. The molecular weight excluding hydrogens is 773 g/mol. The van der Waals surface area contributed by atoms with Crippen LogP contribution in [0.15, 0.2) is 47.9 Å². The Hall–Kier alpha value is -4.92. The number of hydrogen-bond acceptors (Lipinski definition) is 10.